The van der Waals surface area contributed by atoms with Gasteiger partial charge in [0.25, 0.3) is 0 Å². The minimum Gasteiger partial charge on any atom is -0.493 e. The van der Waals surface area contributed by atoms with Crippen LogP contribution in [-0.2, 0) is 32.2 Å². The molecule has 1 aliphatic heterocycles. The molecule has 46 heavy (non-hydrogen) atoms. The summed E-state index contributed by atoms with van der Waals surface area (Å²) >= 11 is 10.4. The molecule has 3 N–H and O–H groups in total. The molecule has 0 saturated heterocycles. The standard InChI is InChI=1S/C35H40ClN5O3S2/c1-20-31-29-11-10-27(36)33(31)32-21(2)40(4)39-28(32)19-45-17-23(37)15-24(38-3)18-46-25-14-22-8-5-6-9-26(22)30(16-25)44-13-7-12-41(29)34(20)35(42)43/h10-11,14-16,37-38H,5-9,12-13,17-19H2,1-4H3,(H,42,43)/b24-15-,37-23?. The van der Waals surface area contributed by atoms with E-state index in [9.17, 15) is 9.90 Å². The van der Waals surface area contributed by atoms with Gasteiger partial charge in [-0.25, -0.2) is 4.79 Å². The number of carboxylic acid groups (broad SMARTS) is 1. The Morgan fingerprint density at radius 3 is 2.70 bits per heavy atom. The Kier molecular flexibility index (Phi) is 9.77. The number of thioether (sulfide) groups is 2. The first kappa shape index (κ1) is 32.6. The van der Waals surface area contributed by atoms with E-state index in [1.54, 1.807) is 23.5 Å². The number of aromatic carboxylic acids is 1. The van der Waals surface area contributed by atoms with Gasteiger partial charge in [0.15, 0.2) is 0 Å². The van der Waals surface area contributed by atoms with E-state index in [-0.39, 0.29) is 5.69 Å². The van der Waals surface area contributed by atoms with E-state index in [0.29, 0.717) is 47.4 Å². The molecule has 1 aliphatic carbocycles. The summed E-state index contributed by atoms with van der Waals surface area (Å²) in [6.45, 7) is 4.86. The van der Waals surface area contributed by atoms with Gasteiger partial charge in [-0.3, -0.25) is 4.68 Å². The highest BCUT2D eigenvalue weighted by Crippen LogP contribution is 2.43. The zero-order valence-corrected chi connectivity index (χ0v) is 29.1. The van der Waals surface area contributed by atoms with Gasteiger partial charge < -0.3 is 25.1 Å². The molecule has 6 rings (SSSR count). The summed E-state index contributed by atoms with van der Waals surface area (Å²) in [6, 6.07) is 8.26. The smallest absolute Gasteiger partial charge is 0.352 e. The summed E-state index contributed by atoms with van der Waals surface area (Å²) in [5.41, 5.74) is 9.55. The Morgan fingerprint density at radius 1 is 1.11 bits per heavy atom. The average molecular weight is 678 g/mol. The molecule has 0 atom stereocenters. The van der Waals surface area contributed by atoms with Crippen LogP contribution in [0, 0.1) is 19.3 Å². The molecular weight excluding hydrogens is 638 g/mol. The fourth-order valence-corrected chi connectivity index (χ4v) is 8.76. The second kappa shape index (κ2) is 13.8. The van der Waals surface area contributed by atoms with Gasteiger partial charge in [0, 0.05) is 86.9 Å². The van der Waals surface area contributed by atoms with Gasteiger partial charge in [0.2, 0.25) is 0 Å². The first-order valence-corrected chi connectivity index (χ1v) is 18.2. The van der Waals surface area contributed by atoms with Crippen LogP contribution in [0.15, 0.2) is 40.9 Å². The van der Waals surface area contributed by atoms with Crippen molar-refractivity contribution < 1.29 is 14.6 Å². The molecule has 6 bridgehead atoms. The third kappa shape index (κ3) is 6.31. The van der Waals surface area contributed by atoms with Crippen molar-refractivity contribution in [3.05, 3.63) is 74.8 Å². The number of carboxylic acids is 1. The Hall–Kier alpha value is -3.34. The molecule has 2 aromatic carbocycles. The molecule has 0 saturated carbocycles. The Bertz CT molecular complexity index is 1880. The van der Waals surface area contributed by atoms with Crippen molar-refractivity contribution in [3.63, 3.8) is 0 Å². The summed E-state index contributed by atoms with van der Waals surface area (Å²) in [4.78, 5) is 13.9. The highest BCUT2D eigenvalue weighted by molar-refractivity contribution is 7.99. The predicted molar refractivity (Wildman–Crippen MR) is 191 cm³/mol. The Morgan fingerprint density at radius 2 is 1.91 bits per heavy atom. The van der Waals surface area contributed by atoms with E-state index in [2.05, 4.69) is 17.4 Å². The van der Waals surface area contributed by atoms with Gasteiger partial charge in [-0.2, -0.15) is 5.10 Å². The normalized spacial score (nSPS) is 17.4. The lowest BCUT2D eigenvalue weighted by Crippen LogP contribution is -2.13. The Labute approximate surface area is 283 Å². The van der Waals surface area contributed by atoms with Crippen LogP contribution in [0.4, 0.5) is 0 Å². The van der Waals surface area contributed by atoms with Crippen LogP contribution in [0.25, 0.3) is 22.0 Å². The lowest BCUT2D eigenvalue weighted by molar-refractivity contribution is 0.0684. The third-order valence-corrected chi connectivity index (χ3v) is 11.4. The van der Waals surface area contributed by atoms with Gasteiger partial charge >= 0.3 is 5.97 Å². The van der Waals surface area contributed by atoms with E-state index < -0.39 is 5.97 Å². The lowest BCUT2D eigenvalue weighted by Gasteiger charge is -2.21. The molecule has 11 heteroatoms. The highest BCUT2D eigenvalue weighted by Gasteiger charge is 2.27. The van der Waals surface area contributed by atoms with Crippen LogP contribution in [-0.4, -0.2) is 56.3 Å². The van der Waals surface area contributed by atoms with Crippen LogP contribution >= 0.6 is 35.1 Å². The molecule has 0 spiro atoms. The number of nitrogens with one attached hydrogen (secondary N) is 2. The van der Waals surface area contributed by atoms with Crippen molar-refractivity contribution in [2.45, 2.75) is 63.1 Å². The van der Waals surface area contributed by atoms with Crippen LogP contribution in [0.3, 0.4) is 0 Å². The van der Waals surface area contributed by atoms with Crippen LogP contribution in [0.2, 0.25) is 5.02 Å². The van der Waals surface area contributed by atoms with Crippen LogP contribution in [0.5, 0.6) is 5.75 Å². The molecule has 3 heterocycles. The number of ether oxygens (including phenoxy) is 1. The van der Waals surface area contributed by atoms with E-state index in [4.69, 9.17) is 26.8 Å². The number of rotatable bonds is 2. The van der Waals surface area contributed by atoms with Crippen molar-refractivity contribution in [2.24, 2.45) is 7.05 Å². The minimum absolute atomic E-state index is 0.273. The number of nitrogens with zero attached hydrogens (tertiary/aromatic N) is 3. The SMILES string of the molecule is CN/C1=C\C(=N)CSCc2nn(C)c(C)c2-c2c(Cl)ccc3c2c(C)c(C(=O)O)n3CCCOc2cc(cc3c2CCCC3)SC1. The number of carbonyl (C=O) groups is 1. The molecule has 242 valence electrons. The zero-order valence-electron chi connectivity index (χ0n) is 26.8. The summed E-state index contributed by atoms with van der Waals surface area (Å²) in [7, 11) is 3.83. The maximum atomic E-state index is 12.7. The van der Waals surface area contributed by atoms with Crippen LogP contribution in [0.1, 0.15) is 57.8 Å². The summed E-state index contributed by atoms with van der Waals surface area (Å²) in [5.74, 6) is 1.81. The number of fused-ring (bicyclic) bond motifs is 6. The topological polar surface area (TPSA) is 105 Å². The van der Waals surface area contributed by atoms with Gasteiger partial charge in [-0.05, 0) is 93.0 Å². The van der Waals surface area contributed by atoms with Crippen molar-refractivity contribution in [1.29, 1.82) is 5.41 Å². The number of allylic oxidation sites excluding steroid dienone is 1. The van der Waals surface area contributed by atoms with Gasteiger partial charge in [0.05, 0.1) is 12.3 Å². The molecule has 4 aromatic rings. The fourth-order valence-electron chi connectivity index (χ4n) is 6.74. The number of aryl methyl sites for hydroxylation is 4. The highest BCUT2D eigenvalue weighted by atomic mass is 35.5. The lowest BCUT2D eigenvalue weighted by atomic mass is 9.91. The van der Waals surface area contributed by atoms with Gasteiger partial charge in [0.1, 0.15) is 11.4 Å². The molecule has 0 amide bonds. The van der Waals surface area contributed by atoms with E-state index in [1.165, 1.54) is 17.5 Å². The van der Waals surface area contributed by atoms with E-state index >= 15 is 0 Å². The van der Waals surface area contributed by atoms with E-state index in [1.807, 2.05) is 55.4 Å². The zero-order chi connectivity index (χ0) is 32.5. The maximum absolute atomic E-state index is 12.7. The first-order valence-electron chi connectivity index (χ1n) is 15.7. The second-order valence-corrected chi connectivity index (χ2v) is 14.4. The molecule has 2 aliphatic rings. The molecule has 2 aromatic heterocycles. The van der Waals surface area contributed by atoms with E-state index in [0.717, 1.165) is 74.8 Å². The summed E-state index contributed by atoms with van der Waals surface area (Å²) in [5, 5.41) is 28.7. The van der Waals surface area contributed by atoms with Gasteiger partial charge in [-0.15, -0.1) is 23.5 Å². The van der Waals surface area contributed by atoms with Crippen molar-refractivity contribution >= 4 is 57.7 Å². The number of hydrogen-bond donors (Lipinski definition) is 3. The molecule has 0 radical (unpaired) electrons. The number of hydrogen-bond acceptors (Lipinski definition) is 7. The number of benzene rings is 2. The molecule has 0 fully saturated rings. The average Bonchev–Trinajstić information content (AvgIpc) is 3.48. The second-order valence-electron chi connectivity index (χ2n) is 12.0. The summed E-state index contributed by atoms with van der Waals surface area (Å²) < 4.78 is 10.2. The predicted octanol–water partition coefficient (Wildman–Crippen LogP) is 7.82. The molecule has 8 nitrogen and oxygen atoms in total. The quantitative estimate of drug-likeness (QED) is 0.199. The monoisotopic (exact) mass is 677 g/mol. The van der Waals surface area contributed by atoms with Crippen molar-refractivity contribution in [2.75, 3.05) is 25.2 Å². The Balaban J connectivity index is 1.46. The molecular formula is C35H40ClN5O3S2. The van der Waals surface area contributed by atoms with Crippen molar-refractivity contribution in [1.82, 2.24) is 19.7 Å². The largest absolute Gasteiger partial charge is 0.493 e. The molecule has 0 unspecified atom stereocenters. The van der Waals surface area contributed by atoms with Crippen LogP contribution < -0.4 is 10.1 Å². The fraction of sp³-hybridized carbons (Fsp3) is 0.400. The number of halogens is 1. The first-order chi connectivity index (χ1) is 22.2. The third-order valence-electron chi connectivity index (χ3n) is 9.02. The minimum atomic E-state index is -0.962. The maximum Gasteiger partial charge on any atom is 0.352 e. The number of aromatic nitrogens is 3. The summed E-state index contributed by atoms with van der Waals surface area (Å²) in [6.07, 6.45) is 6.98. The van der Waals surface area contributed by atoms with Gasteiger partial charge in [-0.1, -0.05) is 11.6 Å². The van der Waals surface area contributed by atoms with Crippen molar-refractivity contribution in [3.8, 4) is 16.9 Å².